The number of nitrogens with zero attached hydrogens (tertiary/aromatic N) is 3. The zero-order valence-electron chi connectivity index (χ0n) is 11.8. The molecule has 1 aliphatic carbocycles. The van der Waals surface area contributed by atoms with Gasteiger partial charge in [-0.15, -0.1) is 0 Å². The number of ether oxygens (including phenoxy) is 1. The summed E-state index contributed by atoms with van der Waals surface area (Å²) in [6.07, 6.45) is 2.94. The second-order valence-electron chi connectivity index (χ2n) is 5.57. The van der Waals surface area contributed by atoms with Crippen molar-refractivity contribution in [2.75, 3.05) is 25.1 Å². The van der Waals surface area contributed by atoms with Crippen LogP contribution in [0.5, 0.6) is 5.75 Å². The van der Waals surface area contributed by atoms with E-state index in [2.05, 4.69) is 9.97 Å². The summed E-state index contributed by atoms with van der Waals surface area (Å²) in [7, 11) is 1.61. The van der Waals surface area contributed by atoms with Crippen molar-refractivity contribution in [3.63, 3.8) is 0 Å². The number of rotatable bonds is 4. The van der Waals surface area contributed by atoms with Crippen molar-refractivity contribution in [1.29, 1.82) is 0 Å². The van der Waals surface area contributed by atoms with E-state index in [0.717, 1.165) is 30.2 Å². The zero-order valence-corrected chi connectivity index (χ0v) is 11.8. The van der Waals surface area contributed by atoms with Crippen LogP contribution < -0.4 is 9.64 Å². The topological polar surface area (TPSA) is 75.6 Å². The molecule has 108 valence electrons. The quantitative estimate of drug-likeness (QED) is 0.900. The van der Waals surface area contributed by atoms with Gasteiger partial charge in [0.1, 0.15) is 5.82 Å². The fourth-order valence-corrected chi connectivity index (χ4v) is 2.70. The number of methoxy groups -OCH3 is 1. The predicted octanol–water partition coefficient (Wildman–Crippen LogP) is 1.58. The van der Waals surface area contributed by atoms with Crippen molar-refractivity contribution in [3.8, 4) is 5.75 Å². The molecule has 1 saturated heterocycles. The molecule has 1 atom stereocenters. The summed E-state index contributed by atoms with van der Waals surface area (Å²) >= 11 is 0. The van der Waals surface area contributed by atoms with Crippen LogP contribution in [0.1, 0.15) is 36.7 Å². The SMILES string of the molecule is COc1c(C)nc(C2CC2)nc1N1CCC(C(=O)O)C1. The normalized spacial score (nSPS) is 22.1. The highest BCUT2D eigenvalue weighted by molar-refractivity contribution is 5.72. The van der Waals surface area contributed by atoms with Gasteiger partial charge in [-0.3, -0.25) is 4.79 Å². The van der Waals surface area contributed by atoms with Gasteiger partial charge in [-0.1, -0.05) is 0 Å². The second-order valence-corrected chi connectivity index (χ2v) is 5.57. The molecule has 1 aromatic rings. The first-order valence-corrected chi connectivity index (χ1v) is 7.00. The standard InChI is InChI=1S/C14H19N3O3/c1-8-11(20-2)13(16-12(15-8)9-3-4-9)17-6-5-10(7-17)14(18)19/h9-10H,3-7H2,1-2H3,(H,18,19). The first-order valence-electron chi connectivity index (χ1n) is 7.00. The van der Waals surface area contributed by atoms with Gasteiger partial charge in [0.2, 0.25) is 0 Å². The first-order chi connectivity index (χ1) is 9.60. The van der Waals surface area contributed by atoms with Gasteiger partial charge in [-0.2, -0.15) is 0 Å². The summed E-state index contributed by atoms with van der Waals surface area (Å²) < 4.78 is 5.43. The van der Waals surface area contributed by atoms with E-state index < -0.39 is 5.97 Å². The molecule has 0 bridgehead atoms. The molecular weight excluding hydrogens is 258 g/mol. The van der Waals surface area contributed by atoms with Crippen LogP contribution in [0.4, 0.5) is 5.82 Å². The highest BCUT2D eigenvalue weighted by Gasteiger charge is 2.33. The van der Waals surface area contributed by atoms with Crippen molar-refractivity contribution in [2.24, 2.45) is 5.92 Å². The van der Waals surface area contributed by atoms with Gasteiger partial charge in [0.15, 0.2) is 11.6 Å². The lowest BCUT2D eigenvalue weighted by Gasteiger charge is -2.21. The fourth-order valence-electron chi connectivity index (χ4n) is 2.70. The Bertz CT molecular complexity index is 543. The number of aryl methyl sites for hydroxylation is 1. The van der Waals surface area contributed by atoms with Gasteiger partial charge >= 0.3 is 5.97 Å². The molecule has 1 aromatic heterocycles. The van der Waals surface area contributed by atoms with Crippen molar-refractivity contribution >= 4 is 11.8 Å². The minimum absolute atomic E-state index is 0.320. The Morgan fingerprint density at radius 3 is 2.65 bits per heavy atom. The number of hydrogen-bond acceptors (Lipinski definition) is 5. The number of anilines is 1. The monoisotopic (exact) mass is 277 g/mol. The van der Waals surface area contributed by atoms with Gasteiger partial charge in [-0.25, -0.2) is 9.97 Å². The third-order valence-electron chi connectivity index (χ3n) is 4.02. The van der Waals surface area contributed by atoms with Crippen LogP contribution in [-0.2, 0) is 4.79 Å². The Labute approximate surface area is 117 Å². The summed E-state index contributed by atoms with van der Waals surface area (Å²) in [6.45, 7) is 3.11. The number of hydrogen-bond donors (Lipinski definition) is 1. The molecule has 1 unspecified atom stereocenters. The Morgan fingerprint density at radius 2 is 2.10 bits per heavy atom. The largest absolute Gasteiger partial charge is 0.491 e. The fraction of sp³-hybridized carbons (Fsp3) is 0.643. The molecule has 3 rings (SSSR count). The van der Waals surface area contributed by atoms with E-state index in [0.29, 0.717) is 31.2 Å². The minimum atomic E-state index is -0.736. The Hall–Kier alpha value is -1.85. The lowest BCUT2D eigenvalue weighted by Crippen LogP contribution is -2.25. The number of carboxylic acids is 1. The molecule has 1 saturated carbocycles. The third kappa shape index (κ3) is 2.30. The maximum absolute atomic E-state index is 11.1. The Kier molecular flexibility index (Phi) is 3.23. The highest BCUT2D eigenvalue weighted by Crippen LogP contribution is 2.41. The van der Waals surface area contributed by atoms with E-state index >= 15 is 0 Å². The van der Waals surface area contributed by atoms with Gasteiger partial charge in [0.05, 0.1) is 18.7 Å². The van der Waals surface area contributed by atoms with Gasteiger partial charge in [-0.05, 0) is 26.2 Å². The number of carbonyl (C=O) groups is 1. The van der Waals surface area contributed by atoms with Crippen LogP contribution in [0.3, 0.4) is 0 Å². The molecular formula is C14H19N3O3. The molecule has 2 aliphatic rings. The average Bonchev–Trinajstić information content (AvgIpc) is 3.14. The van der Waals surface area contributed by atoms with Gasteiger partial charge in [0.25, 0.3) is 0 Å². The van der Waals surface area contributed by atoms with E-state index in [1.54, 1.807) is 7.11 Å². The molecule has 1 N–H and O–H groups in total. The summed E-state index contributed by atoms with van der Waals surface area (Å²) in [6, 6.07) is 0. The number of aromatic nitrogens is 2. The molecule has 6 nitrogen and oxygen atoms in total. The molecule has 0 aromatic carbocycles. The molecule has 0 amide bonds. The maximum atomic E-state index is 11.1. The van der Waals surface area contributed by atoms with E-state index in [9.17, 15) is 4.79 Å². The lowest BCUT2D eigenvalue weighted by atomic mass is 10.1. The van der Waals surface area contributed by atoms with Crippen LogP contribution in [0.15, 0.2) is 0 Å². The second kappa shape index (κ2) is 4.92. The molecule has 20 heavy (non-hydrogen) atoms. The Morgan fingerprint density at radius 1 is 1.35 bits per heavy atom. The molecule has 6 heteroatoms. The molecule has 0 radical (unpaired) electrons. The van der Waals surface area contributed by atoms with Crippen LogP contribution in [0.2, 0.25) is 0 Å². The number of aliphatic carboxylic acids is 1. The van der Waals surface area contributed by atoms with Gasteiger partial charge in [0, 0.05) is 19.0 Å². The maximum Gasteiger partial charge on any atom is 0.308 e. The molecule has 0 spiro atoms. The number of carboxylic acid groups (broad SMARTS) is 1. The molecule has 2 heterocycles. The molecule has 2 fully saturated rings. The summed E-state index contributed by atoms with van der Waals surface area (Å²) in [5.41, 5.74) is 0.832. The van der Waals surface area contributed by atoms with E-state index in [1.807, 2.05) is 11.8 Å². The van der Waals surface area contributed by atoms with E-state index in [1.165, 1.54) is 0 Å². The van der Waals surface area contributed by atoms with Crippen molar-refractivity contribution in [2.45, 2.75) is 32.1 Å². The van der Waals surface area contributed by atoms with Crippen LogP contribution in [0, 0.1) is 12.8 Å². The smallest absolute Gasteiger partial charge is 0.308 e. The third-order valence-corrected chi connectivity index (χ3v) is 4.02. The highest BCUT2D eigenvalue weighted by atomic mass is 16.5. The zero-order chi connectivity index (χ0) is 14.3. The minimum Gasteiger partial charge on any atom is -0.491 e. The Balaban J connectivity index is 1.93. The van der Waals surface area contributed by atoms with Crippen molar-refractivity contribution in [3.05, 3.63) is 11.5 Å². The van der Waals surface area contributed by atoms with Crippen LogP contribution in [0.25, 0.3) is 0 Å². The predicted molar refractivity (Wildman–Crippen MR) is 73.3 cm³/mol. The van der Waals surface area contributed by atoms with Crippen molar-refractivity contribution < 1.29 is 14.6 Å². The average molecular weight is 277 g/mol. The summed E-state index contributed by atoms with van der Waals surface area (Å²) in [4.78, 5) is 22.3. The van der Waals surface area contributed by atoms with Gasteiger partial charge < -0.3 is 14.7 Å². The van der Waals surface area contributed by atoms with Crippen LogP contribution >= 0.6 is 0 Å². The van der Waals surface area contributed by atoms with Crippen molar-refractivity contribution in [1.82, 2.24) is 9.97 Å². The van der Waals surface area contributed by atoms with Crippen LogP contribution in [-0.4, -0.2) is 41.2 Å². The lowest BCUT2D eigenvalue weighted by molar-refractivity contribution is -0.140. The van der Waals surface area contributed by atoms with E-state index in [4.69, 9.17) is 9.84 Å². The molecule has 1 aliphatic heterocycles. The van der Waals surface area contributed by atoms with E-state index in [-0.39, 0.29) is 5.92 Å². The first kappa shape index (κ1) is 13.1. The summed E-state index contributed by atoms with van der Waals surface area (Å²) in [5, 5.41) is 9.12. The summed E-state index contributed by atoms with van der Waals surface area (Å²) in [5.74, 6) is 1.71.